The lowest BCUT2D eigenvalue weighted by Gasteiger charge is -2.18. The monoisotopic (exact) mass is 277 g/mol. The van der Waals surface area contributed by atoms with E-state index in [2.05, 4.69) is 5.32 Å². The molecule has 0 bridgehead atoms. The molecule has 20 heavy (non-hydrogen) atoms. The molecular formula is C16H17F2NO. The number of halogens is 2. The van der Waals surface area contributed by atoms with Gasteiger partial charge in [0.05, 0.1) is 6.10 Å². The molecule has 2 rings (SSSR count). The molecule has 0 amide bonds. The summed E-state index contributed by atoms with van der Waals surface area (Å²) in [7, 11) is 0. The molecular weight excluding hydrogens is 260 g/mol. The van der Waals surface area contributed by atoms with Crippen LogP contribution in [0.15, 0.2) is 48.5 Å². The Bertz CT molecular complexity index is 522. The summed E-state index contributed by atoms with van der Waals surface area (Å²) in [5, 5.41) is 13.1. The molecule has 0 aliphatic rings. The van der Waals surface area contributed by atoms with Crippen LogP contribution in [-0.2, 0) is 0 Å². The van der Waals surface area contributed by atoms with Gasteiger partial charge in [-0.1, -0.05) is 24.3 Å². The minimum absolute atomic E-state index is 0.103. The van der Waals surface area contributed by atoms with Gasteiger partial charge >= 0.3 is 0 Å². The number of benzene rings is 2. The molecule has 0 spiro atoms. The Balaban J connectivity index is 1.94. The molecule has 4 heteroatoms. The Morgan fingerprint density at radius 3 is 2.15 bits per heavy atom. The van der Waals surface area contributed by atoms with Crippen LogP contribution < -0.4 is 5.32 Å². The van der Waals surface area contributed by atoms with Crippen molar-refractivity contribution in [2.75, 3.05) is 6.54 Å². The average molecular weight is 277 g/mol. The van der Waals surface area contributed by atoms with Gasteiger partial charge in [0.1, 0.15) is 11.6 Å². The summed E-state index contributed by atoms with van der Waals surface area (Å²) in [4.78, 5) is 0. The van der Waals surface area contributed by atoms with Gasteiger partial charge in [0.15, 0.2) is 0 Å². The van der Waals surface area contributed by atoms with Crippen LogP contribution in [0.5, 0.6) is 0 Å². The van der Waals surface area contributed by atoms with E-state index in [0.717, 1.165) is 5.56 Å². The van der Waals surface area contributed by atoms with Crippen molar-refractivity contribution >= 4 is 0 Å². The Hall–Kier alpha value is -1.78. The number of rotatable bonds is 5. The average Bonchev–Trinajstić information content (AvgIpc) is 2.44. The standard InChI is InChI=1S/C16H17F2NO/c1-11(12-4-2-6-14(17)8-12)19-10-16(20)13-5-3-7-15(18)9-13/h2-9,11,16,19-20H,10H2,1H3. The highest BCUT2D eigenvalue weighted by atomic mass is 19.1. The number of hydrogen-bond acceptors (Lipinski definition) is 2. The second kappa shape index (κ2) is 6.59. The van der Waals surface area contributed by atoms with Crippen LogP contribution in [0.3, 0.4) is 0 Å². The van der Waals surface area contributed by atoms with E-state index in [-0.39, 0.29) is 24.2 Å². The second-order valence-corrected chi connectivity index (χ2v) is 4.76. The van der Waals surface area contributed by atoms with Gasteiger partial charge < -0.3 is 10.4 Å². The molecule has 2 N–H and O–H groups in total. The fourth-order valence-electron chi connectivity index (χ4n) is 2.01. The first-order chi connectivity index (χ1) is 9.56. The van der Waals surface area contributed by atoms with E-state index in [1.54, 1.807) is 18.2 Å². The smallest absolute Gasteiger partial charge is 0.123 e. The molecule has 2 atom stereocenters. The summed E-state index contributed by atoms with van der Waals surface area (Å²) in [6.45, 7) is 2.15. The van der Waals surface area contributed by atoms with Crippen LogP contribution in [0.1, 0.15) is 30.2 Å². The highest BCUT2D eigenvalue weighted by Gasteiger charge is 2.11. The normalized spacial score (nSPS) is 14.0. The molecule has 0 aromatic heterocycles. The van der Waals surface area contributed by atoms with Gasteiger partial charge in [-0.05, 0) is 42.3 Å². The van der Waals surface area contributed by atoms with Crippen molar-refractivity contribution in [2.24, 2.45) is 0 Å². The van der Waals surface area contributed by atoms with Crippen molar-refractivity contribution in [3.8, 4) is 0 Å². The third kappa shape index (κ3) is 3.85. The summed E-state index contributed by atoms with van der Waals surface area (Å²) in [6, 6.07) is 12.1. The van der Waals surface area contributed by atoms with Gasteiger partial charge in [-0.2, -0.15) is 0 Å². The summed E-state index contributed by atoms with van der Waals surface area (Å²) in [5.74, 6) is -0.665. The Kier molecular flexibility index (Phi) is 4.82. The van der Waals surface area contributed by atoms with Crippen LogP contribution in [-0.4, -0.2) is 11.7 Å². The number of nitrogens with one attached hydrogen (secondary N) is 1. The lowest BCUT2D eigenvalue weighted by atomic mass is 10.1. The zero-order valence-corrected chi connectivity index (χ0v) is 11.2. The largest absolute Gasteiger partial charge is 0.387 e. The van der Waals surface area contributed by atoms with Gasteiger partial charge in [0.25, 0.3) is 0 Å². The van der Waals surface area contributed by atoms with E-state index in [1.165, 1.54) is 24.3 Å². The second-order valence-electron chi connectivity index (χ2n) is 4.76. The van der Waals surface area contributed by atoms with E-state index < -0.39 is 6.10 Å². The van der Waals surface area contributed by atoms with Crippen molar-refractivity contribution in [1.29, 1.82) is 0 Å². The first kappa shape index (κ1) is 14.6. The van der Waals surface area contributed by atoms with Gasteiger partial charge in [-0.15, -0.1) is 0 Å². The molecule has 0 saturated heterocycles. The van der Waals surface area contributed by atoms with Gasteiger partial charge in [-0.3, -0.25) is 0 Å². The molecule has 0 aliphatic heterocycles. The van der Waals surface area contributed by atoms with Crippen LogP contribution in [0.2, 0.25) is 0 Å². The molecule has 2 aromatic carbocycles. The van der Waals surface area contributed by atoms with Crippen molar-refractivity contribution in [1.82, 2.24) is 5.32 Å². The first-order valence-corrected chi connectivity index (χ1v) is 6.48. The Morgan fingerprint density at radius 1 is 1.00 bits per heavy atom. The third-order valence-corrected chi connectivity index (χ3v) is 3.20. The van der Waals surface area contributed by atoms with Crippen molar-refractivity contribution in [2.45, 2.75) is 19.1 Å². The molecule has 0 heterocycles. The molecule has 2 nitrogen and oxygen atoms in total. The van der Waals surface area contributed by atoms with Crippen LogP contribution >= 0.6 is 0 Å². The molecule has 0 radical (unpaired) electrons. The fraction of sp³-hybridized carbons (Fsp3) is 0.250. The van der Waals surface area contributed by atoms with Gasteiger partial charge in [0, 0.05) is 12.6 Å². The van der Waals surface area contributed by atoms with Crippen molar-refractivity contribution in [3.63, 3.8) is 0 Å². The van der Waals surface area contributed by atoms with Crippen molar-refractivity contribution in [3.05, 3.63) is 71.3 Å². The topological polar surface area (TPSA) is 32.3 Å². The fourth-order valence-corrected chi connectivity index (χ4v) is 2.01. The summed E-state index contributed by atoms with van der Waals surface area (Å²) in [5.41, 5.74) is 1.32. The maximum Gasteiger partial charge on any atom is 0.123 e. The minimum atomic E-state index is -0.804. The molecule has 0 fully saturated rings. The lowest BCUT2D eigenvalue weighted by molar-refractivity contribution is 0.170. The molecule has 2 aromatic rings. The van der Waals surface area contributed by atoms with E-state index in [1.807, 2.05) is 13.0 Å². The predicted octanol–water partition coefficient (Wildman–Crippen LogP) is 3.35. The SMILES string of the molecule is CC(NCC(O)c1cccc(F)c1)c1cccc(F)c1. The number of hydrogen-bond donors (Lipinski definition) is 2. The van der Waals surface area contributed by atoms with E-state index in [4.69, 9.17) is 0 Å². The maximum absolute atomic E-state index is 13.1. The summed E-state index contributed by atoms with van der Waals surface area (Å²) >= 11 is 0. The molecule has 0 aliphatic carbocycles. The maximum atomic E-state index is 13.1. The predicted molar refractivity (Wildman–Crippen MR) is 74.2 cm³/mol. The molecule has 0 saturated carbocycles. The zero-order valence-electron chi connectivity index (χ0n) is 11.2. The van der Waals surface area contributed by atoms with Crippen LogP contribution in [0.4, 0.5) is 8.78 Å². The Morgan fingerprint density at radius 2 is 1.55 bits per heavy atom. The number of aliphatic hydroxyl groups excluding tert-OH is 1. The summed E-state index contributed by atoms with van der Waals surface area (Å²) < 4.78 is 26.2. The zero-order chi connectivity index (χ0) is 14.5. The van der Waals surface area contributed by atoms with Gasteiger partial charge in [-0.25, -0.2) is 8.78 Å². The van der Waals surface area contributed by atoms with Crippen LogP contribution in [0, 0.1) is 11.6 Å². The minimum Gasteiger partial charge on any atom is -0.387 e. The van der Waals surface area contributed by atoms with E-state index in [9.17, 15) is 13.9 Å². The summed E-state index contributed by atoms with van der Waals surface area (Å²) in [6.07, 6.45) is -0.804. The third-order valence-electron chi connectivity index (χ3n) is 3.20. The number of aliphatic hydroxyl groups is 1. The molecule has 2 unspecified atom stereocenters. The van der Waals surface area contributed by atoms with E-state index >= 15 is 0 Å². The highest BCUT2D eigenvalue weighted by Crippen LogP contribution is 2.17. The van der Waals surface area contributed by atoms with Crippen LogP contribution in [0.25, 0.3) is 0 Å². The first-order valence-electron chi connectivity index (χ1n) is 6.48. The quantitative estimate of drug-likeness (QED) is 0.878. The van der Waals surface area contributed by atoms with Crippen molar-refractivity contribution < 1.29 is 13.9 Å². The highest BCUT2D eigenvalue weighted by molar-refractivity contribution is 5.21. The lowest BCUT2D eigenvalue weighted by Crippen LogP contribution is -2.24. The van der Waals surface area contributed by atoms with E-state index in [0.29, 0.717) is 5.56 Å². The van der Waals surface area contributed by atoms with Gasteiger partial charge in [0.2, 0.25) is 0 Å². The molecule has 106 valence electrons. The Labute approximate surface area is 117 Å².